The maximum absolute atomic E-state index is 6.22. The third-order valence-electron chi connectivity index (χ3n) is 3.30. The van der Waals surface area contributed by atoms with Crippen LogP contribution >= 0.6 is 23.4 Å². The third-order valence-corrected chi connectivity index (χ3v) is 4.96. The molecular weight excluding hydrogens is 282 g/mol. The summed E-state index contributed by atoms with van der Waals surface area (Å²) >= 11 is 8.22. The lowest BCUT2D eigenvalue weighted by atomic mass is 10.1. The summed E-state index contributed by atoms with van der Waals surface area (Å²) in [5.41, 5.74) is 0.961. The first-order valence-corrected chi connectivity index (χ1v) is 7.59. The van der Waals surface area contributed by atoms with Gasteiger partial charge in [-0.15, -0.1) is 0 Å². The average Bonchev–Trinajstić information content (AvgIpc) is 2.76. The Balaban J connectivity index is 2.13. The van der Waals surface area contributed by atoms with Gasteiger partial charge in [-0.05, 0) is 20.8 Å². The van der Waals surface area contributed by atoms with Gasteiger partial charge in [0.25, 0.3) is 5.78 Å². The number of fused-ring (bicyclic) bond motifs is 1. The lowest BCUT2D eigenvalue weighted by Crippen LogP contribution is -2.44. The van der Waals surface area contributed by atoms with Crippen LogP contribution in [-0.2, 0) is 0 Å². The molecule has 102 valence electrons. The van der Waals surface area contributed by atoms with Gasteiger partial charge in [0.2, 0.25) is 0 Å². The summed E-state index contributed by atoms with van der Waals surface area (Å²) in [6.07, 6.45) is 1.52. The van der Waals surface area contributed by atoms with Gasteiger partial charge in [0.1, 0.15) is 17.3 Å². The van der Waals surface area contributed by atoms with E-state index in [1.54, 1.807) is 4.52 Å². The monoisotopic (exact) mass is 297 g/mol. The van der Waals surface area contributed by atoms with Gasteiger partial charge in [-0.25, -0.2) is 0 Å². The highest BCUT2D eigenvalue weighted by atomic mass is 35.5. The van der Waals surface area contributed by atoms with E-state index in [1.165, 1.54) is 6.33 Å². The summed E-state index contributed by atoms with van der Waals surface area (Å²) in [7, 11) is 0. The summed E-state index contributed by atoms with van der Waals surface area (Å²) in [6, 6.07) is 0. The summed E-state index contributed by atoms with van der Waals surface area (Å²) < 4.78 is 2.01. The first-order chi connectivity index (χ1) is 8.98. The van der Waals surface area contributed by atoms with E-state index in [4.69, 9.17) is 11.6 Å². The third kappa shape index (κ3) is 2.27. The number of rotatable bonds is 1. The molecular formula is C12H16ClN5S. The number of hydrogen-bond acceptors (Lipinski definition) is 5. The standard InChI is InChI=1S/C12H16ClN5S/c1-8-9(13)16-11-14-7-15-18(11)10(8)17-4-5-19-12(2,3)6-17/h7H,4-6H2,1-3H3. The van der Waals surface area contributed by atoms with Gasteiger partial charge in [-0.3, -0.25) is 0 Å². The van der Waals surface area contributed by atoms with Crippen molar-refractivity contribution in [3.05, 3.63) is 17.0 Å². The highest BCUT2D eigenvalue weighted by Gasteiger charge is 2.30. The fourth-order valence-corrected chi connectivity index (χ4v) is 3.72. The van der Waals surface area contributed by atoms with Crippen molar-refractivity contribution in [2.45, 2.75) is 25.5 Å². The second-order valence-electron chi connectivity index (χ2n) is 5.35. The zero-order valence-electron chi connectivity index (χ0n) is 11.2. The van der Waals surface area contributed by atoms with Gasteiger partial charge in [0.05, 0.1) is 0 Å². The van der Waals surface area contributed by atoms with E-state index in [0.717, 1.165) is 30.2 Å². The van der Waals surface area contributed by atoms with Crippen LogP contribution in [0.5, 0.6) is 0 Å². The van der Waals surface area contributed by atoms with Crippen LogP contribution in [0.1, 0.15) is 19.4 Å². The molecule has 3 heterocycles. The van der Waals surface area contributed by atoms with Crippen molar-refractivity contribution < 1.29 is 0 Å². The Hall–Kier alpha value is -1.01. The number of anilines is 1. The van der Waals surface area contributed by atoms with Gasteiger partial charge in [-0.2, -0.15) is 31.3 Å². The minimum Gasteiger partial charge on any atom is -0.354 e. The zero-order valence-corrected chi connectivity index (χ0v) is 12.8. The number of hydrogen-bond donors (Lipinski definition) is 0. The summed E-state index contributed by atoms with van der Waals surface area (Å²) in [6.45, 7) is 8.47. The number of aromatic nitrogens is 4. The number of nitrogens with zero attached hydrogens (tertiary/aromatic N) is 5. The molecule has 1 saturated heterocycles. The fourth-order valence-electron chi connectivity index (χ4n) is 2.45. The maximum atomic E-state index is 6.22. The van der Waals surface area contributed by atoms with Crippen molar-refractivity contribution in [1.29, 1.82) is 0 Å². The van der Waals surface area contributed by atoms with Crippen molar-refractivity contribution in [1.82, 2.24) is 19.6 Å². The molecule has 0 aliphatic carbocycles. The molecule has 3 rings (SSSR count). The molecule has 2 aromatic rings. The van der Waals surface area contributed by atoms with Crippen molar-refractivity contribution in [2.24, 2.45) is 0 Å². The van der Waals surface area contributed by atoms with E-state index in [9.17, 15) is 0 Å². The van der Waals surface area contributed by atoms with Gasteiger partial charge in [-0.1, -0.05) is 11.6 Å². The highest BCUT2D eigenvalue weighted by Crippen LogP contribution is 2.34. The topological polar surface area (TPSA) is 46.3 Å². The first kappa shape index (κ1) is 13.0. The molecule has 0 amide bonds. The number of halogens is 1. The van der Waals surface area contributed by atoms with Crippen molar-refractivity contribution in [3.63, 3.8) is 0 Å². The molecule has 1 aliphatic rings. The van der Waals surface area contributed by atoms with E-state index >= 15 is 0 Å². The molecule has 5 nitrogen and oxygen atoms in total. The molecule has 1 fully saturated rings. The van der Waals surface area contributed by atoms with Crippen molar-refractivity contribution in [2.75, 3.05) is 23.7 Å². The molecule has 0 N–H and O–H groups in total. The molecule has 0 bridgehead atoms. The summed E-state index contributed by atoms with van der Waals surface area (Å²) in [5.74, 6) is 2.67. The molecule has 0 aromatic carbocycles. The van der Waals surface area contributed by atoms with Gasteiger partial charge in [0.15, 0.2) is 0 Å². The van der Waals surface area contributed by atoms with Crippen LogP contribution in [0.4, 0.5) is 5.82 Å². The Labute approximate surface area is 121 Å². The van der Waals surface area contributed by atoms with E-state index in [-0.39, 0.29) is 4.75 Å². The molecule has 0 spiro atoms. The van der Waals surface area contributed by atoms with Crippen LogP contribution < -0.4 is 4.90 Å². The fraction of sp³-hybridized carbons (Fsp3) is 0.583. The second-order valence-corrected chi connectivity index (χ2v) is 7.51. The molecule has 0 radical (unpaired) electrons. The predicted octanol–water partition coefficient (Wildman–Crippen LogP) is 2.42. The lowest BCUT2D eigenvalue weighted by molar-refractivity contribution is 0.633. The van der Waals surface area contributed by atoms with Crippen LogP contribution in [0.25, 0.3) is 5.78 Å². The second kappa shape index (κ2) is 4.52. The molecule has 0 saturated carbocycles. The Morgan fingerprint density at radius 3 is 2.95 bits per heavy atom. The van der Waals surface area contributed by atoms with E-state index in [2.05, 4.69) is 33.8 Å². The van der Waals surface area contributed by atoms with Crippen molar-refractivity contribution >= 4 is 35.0 Å². The first-order valence-electron chi connectivity index (χ1n) is 6.23. The Morgan fingerprint density at radius 1 is 1.42 bits per heavy atom. The summed E-state index contributed by atoms with van der Waals surface area (Å²) in [5, 5.41) is 4.79. The normalized spacial score (nSPS) is 19.1. The van der Waals surface area contributed by atoms with E-state index in [1.807, 2.05) is 18.7 Å². The zero-order chi connectivity index (χ0) is 13.6. The van der Waals surface area contributed by atoms with Crippen LogP contribution in [0.15, 0.2) is 6.33 Å². The van der Waals surface area contributed by atoms with Gasteiger partial charge >= 0.3 is 0 Å². The minimum atomic E-state index is 0.230. The predicted molar refractivity (Wildman–Crippen MR) is 79.3 cm³/mol. The molecule has 2 aromatic heterocycles. The smallest absolute Gasteiger partial charge is 0.255 e. The summed E-state index contributed by atoms with van der Waals surface area (Å²) in [4.78, 5) is 10.7. The Kier molecular flexibility index (Phi) is 3.09. The van der Waals surface area contributed by atoms with Crippen LogP contribution in [0, 0.1) is 6.92 Å². The van der Waals surface area contributed by atoms with Crippen LogP contribution in [-0.4, -0.2) is 43.2 Å². The molecule has 1 aliphatic heterocycles. The average molecular weight is 298 g/mol. The molecule has 7 heteroatoms. The Morgan fingerprint density at radius 2 is 2.21 bits per heavy atom. The Bertz CT molecular complexity index is 624. The van der Waals surface area contributed by atoms with Crippen molar-refractivity contribution in [3.8, 4) is 0 Å². The van der Waals surface area contributed by atoms with Crippen LogP contribution in [0.3, 0.4) is 0 Å². The maximum Gasteiger partial charge on any atom is 0.255 e. The lowest BCUT2D eigenvalue weighted by Gasteiger charge is -2.39. The quantitative estimate of drug-likeness (QED) is 0.757. The van der Waals surface area contributed by atoms with E-state index in [0.29, 0.717) is 10.9 Å². The van der Waals surface area contributed by atoms with Gasteiger partial charge in [0, 0.05) is 29.2 Å². The largest absolute Gasteiger partial charge is 0.354 e. The minimum absolute atomic E-state index is 0.230. The van der Waals surface area contributed by atoms with Crippen LogP contribution in [0.2, 0.25) is 5.15 Å². The highest BCUT2D eigenvalue weighted by molar-refractivity contribution is 8.00. The van der Waals surface area contributed by atoms with E-state index < -0.39 is 0 Å². The molecule has 19 heavy (non-hydrogen) atoms. The van der Waals surface area contributed by atoms with Gasteiger partial charge < -0.3 is 4.90 Å². The molecule has 0 atom stereocenters. The number of thioether (sulfide) groups is 1. The molecule has 0 unspecified atom stereocenters. The SMILES string of the molecule is Cc1c(Cl)nc2ncnn2c1N1CCSC(C)(C)C1.